The number of carbonyl (C=O) groups excluding carboxylic acids is 2. The Morgan fingerprint density at radius 1 is 1.10 bits per heavy atom. The zero-order chi connectivity index (χ0) is 21.1. The van der Waals surface area contributed by atoms with Crippen LogP contribution in [0.4, 0.5) is 5.69 Å². The number of benzene rings is 1. The number of aryl methyl sites for hydroxylation is 1. The van der Waals surface area contributed by atoms with E-state index in [1.54, 1.807) is 48.7 Å². The lowest BCUT2D eigenvalue weighted by Gasteiger charge is -2.13. The summed E-state index contributed by atoms with van der Waals surface area (Å²) in [6, 6.07) is 12.1. The number of pyridine rings is 1. The zero-order valence-electron chi connectivity index (χ0n) is 16.2. The molecule has 0 spiro atoms. The minimum atomic E-state index is -0.395. The van der Waals surface area contributed by atoms with Gasteiger partial charge in [0.2, 0.25) is 0 Å². The van der Waals surface area contributed by atoms with Crippen molar-refractivity contribution in [2.24, 2.45) is 5.10 Å². The normalized spacial score (nSPS) is 14.3. The number of carbonyl (C=O) groups is 2. The van der Waals surface area contributed by atoms with Gasteiger partial charge < -0.3 is 9.73 Å². The van der Waals surface area contributed by atoms with Crippen molar-refractivity contribution >= 4 is 34.8 Å². The highest BCUT2D eigenvalue weighted by molar-refractivity contribution is 6.33. The third-order valence-corrected chi connectivity index (χ3v) is 5.17. The van der Waals surface area contributed by atoms with Crippen LogP contribution in [0, 0.1) is 6.92 Å². The number of hydrazone groups is 1. The maximum atomic E-state index is 12.8. The Bertz CT molecular complexity index is 1140. The van der Waals surface area contributed by atoms with Gasteiger partial charge in [-0.2, -0.15) is 5.10 Å². The number of anilines is 1. The van der Waals surface area contributed by atoms with Gasteiger partial charge in [0, 0.05) is 23.7 Å². The largest absolute Gasteiger partial charge is 0.455 e. The number of nitrogens with one attached hydrogen (secondary N) is 2. The van der Waals surface area contributed by atoms with Gasteiger partial charge in [0.1, 0.15) is 11.5 Å². The lowest BCUT2D eigenvalue weighted by molar-refractivity contribution is 0.0948. The third kappa shape index (κ3) is 3.97. The van der Waals surface area contributed by atoms with E-state index < -0.39 is 5.91 Å². The molecule has 1 aliphatic rings. The van der Waals surface area contributed by atoms with E-state index >= 15 is 0 Å². The molecule has 0 unspecified atom stereocenters. The van der Waals surface area contributed by atoms with Crippen LogP contribution in [0.2, 0.25) is 5.02 Å². The SMILES string of the molecule is Cc1c(C(=O)Nc2ccccc2Cl)oc2c1/C(=N/NC(=O)c1ccccn1)CCC2. The first-order chi connectivity index (χ1) is 14.5. The number of rotatable bonds is 4. The Morgan fingerprint density at radius 3 is 2.67 bits per heavy atom. The minimum Gasteiger partial charge on any atom is -0.455 e. The van der Waals surface area contributed by atoms with Crippen molar-refractivity contribution in [3.8, 4) is 0 Å². The van der Waals surface area contributed by atoms with Crippen LogP contribution >= 0.6 is 11.6 Å². The second-order valence-electron chi connectivity index (χ2n) is 6.86. The highest BCUT2D eigenvalue weighted by atomic mass is 35.5. The maximum Gasteiger partial charge on any atom is 0.291 e. The van der Waals surface area contributed by atoms with E-state index in [-0.39, 0.29) is 17.4 Å². The molecule has 152 valence electrons. The van der Waals surface area contributed by atoms with Crippen LogP contribution in [-0.4, -0.2) is 22.5 Å². The average Bonchev–Trinajstić information content (AvgIpc) is 3.11. The first-order valence-corrected chi connectivity index (χ1v) is 9.89. The fourth-order valence-electron chi connectivity index (χ4n) is 3.41. The van der Waals surface area contributed by atoms with Crippen LogP contribution in [0.5, 0.6) is 0 Å². The van der Waals surface area contributed by atoms with Gasteiger partial charge in [-0.25, -0.2) is 5.43 Å². The summed E-state index contributed by atoms with van der Waals surface area (Å²) in [6.07, 6.45) is 3.72. The Kier molecular flexibility index (Phi) is 5.63. The average molecular weight is 423 g/mol. The molecule has 7 nitrogen and oxygen atoms in total. The number of halogens is 1. The van der Waals surface area contributed by atoms with Gasteiger partial charge in [0.05, 0.1) is 16.4 Å². The lowest BCUT2D eigenvalue weighted by Crippen LogP contribution is -2.22. The lowest BCUT2D eigenvalue weighted by atomic mass is 9.93. The van der Waals surface area contributed by atoms with Gasteiger partial charge in [-0.15, -0.1) is 0 Å². The molecule has 8 heteroatoms. The van der Waals surface area contributed by atoms with Crippen LogP contribution in [-0.2, 0) is 6.42 Å². The first kappa shape index (κ1) is 19.8. The topological polar surface area (TPSA) is 96.6 Å². The van der Waals surface area contributed by atoms with E-state index in [1.807, 2.05) is 6.92 Å². The number of aromatic nitrogens is 1. The fraction of sp³-hybridized carbons (Fsp3) is 0.182. The molecule has 0 atom stereocenters. The molecule has 3 aromatic rings. The number of fused-ring (bicyclic) bond motifs is 1. The summed E-state index contributed by atoms with van der Waals surface area (Å²) in [5.74, 6) is 0.124. The summed E-state index contributed by atoms with van der Waals surface area (Å²) in [6.45, 7) is 1.81. The Balaban J connectivity index is 1.58. The van der Waals surface area contributed by atoms with Gasteiger partial charge in [0.15, 0.2) is 5.76 Å². The number of hydrogen-bond donors (Lipinski definition) is 2. The van der Waals surface area contributed by atoms with Crippen molar-refractivity contribution in [1.29, 1.82) is 0 Å². The highest BCUT2D eigenvalue weighted by Gasteiger charge is 2.28. The summed E-state index contributed by atoms with van der Waals surface area (Å²) in [7, 11) is 0. The summed E-state index contributed by atoms with van der Waals surface area (Å²) < 4.78 is 5.87. The molecule has 1 aliphatic carbocycles. The van der Waals surface area contributed by atoms with Crippen LogP contribution < -0.4 is 10.7 Å². The second kappa shape index (κ2) is 8.51. The van der Waals surface area contributed by atoms with Crippen molar-refractivity contribution in [1.82, 2.24) is 10.4 Å². The number of amides is 2. The summed E-state index contributed by atoms with van der Waals surface area (Å²) in [4.78, 5) is 29.0. The second-order valence-corrected chi connectivity index (χ2v) is 7.26. The van der Waals surface area contributed by atoms with Crippen molar-refractivity contribution in [3.63, 3.8) is 0 Å². The van der Waals surface area contributed by atoms with Crippen molar-refractivity contribution in [3.05, 3.63) is 82.0 Å². The van der Waals surface area contributed by atoms with Gasteiger partial charge in [-0.05, 0) is 44.0 Å². The van der Waals surface area contributed by atoms with Gasteiger partial charge in [0.25, 0.3) is 11.8 Å². The van der Waals surface area contributed by atoms with Gasteiger partial charge in [-0.3, -0.25) is 14.6 Å². The molecule has 2 amide bonds. The number of nitrogens with zero attached hydrogens (tertiary/aromatic N) is 2. The highest BCUT2D eigenvalue weighted by Crippen LogP contribution is 2.31. The maximum absolute atomic E-state index is 12.8. The number of para-hydroxylation sites is 1. The van der Waals surface area contributed by atoms with Gasteiger partial charge in [-0.1, -0.05) is 29.8 Å². The van der Waals surface area contributed by atoms with Gasteiger partial charge >= 0.3 is 0 Å². The molecule has 4 rings (SSSR count). The van der Waals surface area contributed by atoms with Crippen LogP contribution in [0.1, 0.15) is 50.8 Å². The molecule has 0 saturated heterocycles. The standard InChI is InChI=1S/C22H19ClN4O3/c1-13-19-16(26-27-21(28)17-9-4-5-12-24-17)10-6-11-18(19)30-20(13)22(29)25-15-8-3-2-7-14(15)23/h2-5,7-9,12H,6,10-11H2,1H3,(H,25,29)(H,27,28)/b26-16+. The number of furan rings is 1. The predicted molar refractivity (Wildman–Crippen MR) is 114 cm³/mol. The molecule has 0 bridgehead atoms. The smallest absolute Gasteiger partial charge is 0.291 e. The molecular weight excluding hydrogens is 404 g/mol. The monoisotopic (exact) mass is 422 g/mol. The van der Waals surface area contributed by atoms with Crippen molar-refractivity contribution in [2.45, 2.75) is 26.2 Å². The Labute approximate surface area is 178 Å². The first-order valence-electron chi connectivity index (χ1n) is 9.51. The number of hydrogen-bond acceptors (Lipinski definition) is 5. The Hall–Kier alpha value is -3.45. The molecule has 2 aromatic heterocycles. The molecule has 30 heavy (non-hydrogen) atoms. The summed E-state index contributed by atoms with van der Waals surface area (Å²) in [5, 5.41) is 7.52. The molecule has 0 fully saturated rings. The van der Waals surface area contributed by atoms with Crippen LogP contribution in [0.15, 0.2) is 58.2 Å². The quantitative estimate of drug-likeness (QED) is 0.610. The van der Waals surface area contributed by atoms with E-state index in [0.717, 1.165) is 12.0 Å². The molecule has 1 aromatic carbocycles. The van der Waals surface area contributed by atoms with Crippen LogP contribution in [0.25, 0.3) is 0 Å². The summed E-state index contributed by atoms with van der Waals surface area (Å²) >= 11 is 6.13. The predicted octanol–water partition coefficient (Wildman–Crippen LogP) is 4.36. The Morgan fingerprint density at radius 2 is 1.90 bits per heavy atom. The molecular formula is C22H19ClN4O3. The van der Waals surface area contributed by atoms with Crippen LogP contribution in [0.3, 0.4) is 0 Å². The van der Waals surface area contributed by atoms with E-state index in [9.17, 15) is 9.59 Å². The van der Waals surface area contributed by atoms with Crippen molar-refractivity contribution in [2.75, 3.05) is 5.32 Å². The fourth-order valence-corrected chi connectivity index (χ4v) is 3.59. The molecule has 2 heterocycles. The van der Waals surface area contributed by atoms with E-state index in [4.69, 9.17) is 16.0 Å². The third-order valence-electron chi connectivity index (χ3n) is 4.84. The molecule has 0 saturated carbocycles. The zero-order valence-corrected chi connectivity index (χ0v) is 17.0. The van der Waals surface area contributed by atoms with E-state index in [2.05, 4.69) is 20.8 Å². The summed E-state index contributed by atoms with van der Waals surface area (Å²) in [5.41, 5.74) is 5.47. The molecule has 0 aliphatic heterocycles. The van der Waals surface area contributed by atoms with Crippen molar-refractivity contribution < 1.29 is 14.0 Å². The van der Waals surface area contributed by atoms with E-state index in [1.165, 1.54) is 0 Å². The minimum absolute atomic E-state index is 0.213. The molecule has 0 radical (unpaired) electrons. The molecule has 2 N–H and O–H groups in total. The van der Waals surface area contributed by atoms with E-state index in [0.29, 0.717) is 40.6 Å².